The first-order chi connectivity index (χ1) is 27.7. The molecule has 0 aliphatic carbocycles. The molecular formula is C51H32N4O. The van der Waals surface area contributed by atoms with Gasteiger partial charge in [0.15, 0.2) is 11.4 Å². The second-order valence-corrected chi connectivity index (χ2v) is 14.6. The van der Waals surface area contributed by atoms with Crippen LogP contribution in [0.3, 0.4) is 0 Å². The van der Waals surface area contributed by atoms with Gasteiger partial charge in [0.25, 0.3) is 0 Å². The van der Waals surface area contributed by atoms with Crippen molar-refractivity contribution in [2.75, 3.05) is 0 Å². The maximum absolute atomic E-state index is 6.47. The van der Waals surface area contributed by atoms with Crippen molar-refractivity contribution in [3.8, 4) is 39.5 Å². The predicted molar refractivity (Wildman–Crippen MR) is 232 cm³/mol. The zero-order valence-corrected chi connectivity index (χ0v) is 30.5. The van der Waals surface area contributed by atoms with E-state index in [0.29, 0.717) is 11.4 Å². The first-order valence-electron chi connectivity index (χ1n) is 19.0. The third kappa shape index (κ3) is 4.14. The largest absolute Gasteiger partial charge is 0.452 e. The first kappa shape index (κ1) is 30.9. The molecule has 0 unspecified atom stereocenters. The standard InChI is InChI=1S/C51H32N4O/c1-3-39-44(34-18-8-7-15-30(34)2)38-29-42-45(46-36-20-10-13-23-41(36)55(39)49(38)46)35-19-9-12-22-40(35)54(42)33-27-25-31(26-28-33)47-50-48(37-21-11-14-24-43(37)56-50)53-51(52-47)32-16-5-4-6-17-32/h3-29H,1H2,2H3. The van der Waals surface area contributed by atoms with Crippen molar-refractivity contribution in [2.24, 2.45) is 0 Å². The summed E-state index contributed by atoms with van der Waals surface area (Å²) < 4.78 is 11.3. The summed E-state index contributed by atoms with van der Waals surface area (Å²) in [7, 11) is 0. The predicted octanol–water partition coefficient (Wildman–Crippen LogP) is 13.4. The molecule has 0 aliphatic heterocycles. The number of aryl methyl sites for hydroxylation is 1. The first-order valence-corrected chi connectivity index (χ1v) is 19.0. The molecule has 0 atom stereocenters. The average Bonchev–Trinajstić information content (AvgIpc) is 3.99. The van der Waals surface area contributed by atoms with E-state index in [1.54, 1.807) is 0 Å². The molecule has 0 amide bonds. The van der Waals surface area contributed by atoms with E-state index in [1.165, 1.54) is 54.7 Å². The van der Waals surface area contributed by atoms with Crippen LogP contribution in [-0.2, 0) is 0 Å². The van der Waals surface area contributed by atoms with Crippen molar-refractivity contribution < 1.29 is 4.42 Å². The quantitative estimate of drug-likeness (QED) is 0.178. The molecule has 262 valence electrons. The van der Waals surface area contributed by atoms with Gasteiger partial charge >= 0.3 is 0 Å². The summed E-state index contributed by atoms with van der Waals surface area (Å²) in [5.74, 6) is 0.670. The number of hydrogen-bond acceptors (Lipinski definition) is 3. The van der Waals surface area contributed by atoms with E-state index in [4.69, 9.17) is 14.4 Å². The molecule has 56 heavy (non-hydrogen) atoms. The molecule has 5 aromatic heterocycles. The second-order valence-electron chi connectivity index (χ2n) is 14.6. The Morgan fingerprint density at radius 2 is 1.27 bits per heavy atom. The maximum Gasteiger partial charge on any atom is 0.180 e. The van der Waals surface area contributed by atoms with Crippen LogP contribution in [0.2, 0.25) is 0 Å². The summed E-state index contributed by atoms with van der Waals surface area (Å²) in [6, 6.07) is 55.7. The van der Waals surface area contributed by atoms with E-state index in [-0.39, 0.29) is 0 Å². The molecule has 5 nitrogen and oxygen atoms in total. The molecule has 0 N–H and O–H groups in total. The van der Waals surface area contributed by atoms with Crippen LogP contribution in [-0.4, -0.2) is 18.9 Å². The summed E-state index contributed by atoms with van der Waals surface area (Å²) in [6.45, 7) is 6.56. The Bertz CT molecular complexity index is 3550. The molecule has 5 heterocycles. The average molecular weight is 717 g/mol. The molecule has 0 spiro atoms. The number of aromatic nitrogens is 4. The molecule has 12 aromatic rings. The fourth-order valence-electron chi connectivity index (χ4n) is 9.18. The Kier molecular flexibility index (Phi) is 6.35. The molecule has 0 saturated heterocycles. The van der Waals surface area contributed by atoms with Crippen molar-refractivity contribution in [1.82, 2.24) is 18.9 Å². The van der Waals surface area contributed by atoms with Gasteiger partial charge < -0.3 is 13.4 Å². The summed E-state index contributed by atoms with van der Waals surface area (Å²) in [5, 5.41) is 7.17. The highest BCUT2D eigenvalue weighted by Gasteiger charge is 2.27. The fourth-order valence-corrected chi connectivity index (χ4v) is 9.18. The smallest absolute Gasteiger partial charge is 0.180 e. The van der Waals surface area contributed by atoms with Crippen LogP contribution in [0.4, 0.5) is 0 Å². The Balaban J connectivity index is 1.14. The summed E-state index contributed by atoms with van der Waals surface area (Å²) in [4.78, 5) is 10.2. The van der Waals surface area contributed by atoms with Crippen LogP contribution in [0.15, 0.2) is 169 Å². The molecule has 7 aromatic carbocycles. The Labute approximate surface area is 321 Å². The molecule has 0 fully saturated rings. The van der Waals surface area contributed by atoms with Crippen LogP contribution < -0.4 is 0 Å². The van der Waals surface area contributed by atoms with E-state index in [0.717, 1.165) is 55.7 Å². The lowest BCUT2D eigenvalue weighted by Crippen LogP contribution is -1.96. The highest BCUT2D eigenvalue weighted by molar-refractivity contribution is 6.34. The lowest BCUT2D eigenvalue weighted by molar-refractivity contribution is 0.667. The number of furan rings is 1. The van der Waals surface area contributed by atoms with Crippen molar-refractivity contribution in [3.05, 3.63) is 176 Å². The van der Waals surface area contributed by atoms with Gasteiger partial charge in [-0.25, -0.2) is 9.97 Å². The van der Waals surface area contributed by atoms with E-state index in [2.05, 4.69) is 144 Å². The van der Waals surface area contributed by atoms with Crippen molar-refractivity contribution in [1.29, 1.82) is 0 Å². The van der Waals surface area contributed by atoms with Crippen LogP contribution in [0.5, 0.6) is 0 Å². The van der Waals surface area contributed by atoms with Crippen LogP contribution in [0.1, 0.15) is 11.3 Å². The highest BCUT2D eigenvalue weighted by Crippen LogP contribution is 2.49. The van der Waals surface area contributed by atoms with E-state index in [1.807, 2.05) is 42.5 Å². The van der Waals surface area contributed by atoms with Crippen molar-refractivity contribution in [2.45, 2.75) is 6.92 Å². The van der Waals surface area contributed by atoms with Gasteiger partial charge in [-0.05, 0) is 66.6 Å². The number of hydrogen-bond donors (Lipinski definition) is 0. The minimum atomic E-state index is 0.670. The maximum atomic E-state index is 6.47. The molecule has 0 bridgehead atoms. The van der Waals surface area contributed by atoms with E-state index in [9.17, 15) is 0 Å². The van der Waals surface area contributed by atoms with Gasteiger partial charge in [0.05, 0.1) is 27.8 Å². The van der Waals surface area contributed by atoms with Gasteiger partial charge in [0.2, 0.25) is 0 Å². The van der Waals surface area contributed by atoms with Gasteiger partial charge in [-0.15, -0.1) is 0 Å². The minimum Gasteiger partial charge on any atom is -0.452 e. The Hall–Kier alpha value is -7.50. The fraction of sp³-hybridized carbons (Fsp3) is 0.0196. The van der Waals surface area contributed by atoms with Crippen LogP contribution in [0.25, 0.3) is 117 Å². The molecule has 5 heteroatoms. The van der Waals surface area contributed by atoms with Gasteiger partial charge in [-0.3, -0.25) is 0 Å². The van der Waals surface area contributed by atoms with E-state index < -0.39 is 0 Å². The third-order valence-corrected chi connectivity index (χ3v) is 11.6. The monoisotopic (exact) mass is 716 g/mol. The van der Waals surface area contributed by atoms with Gasteiger partial charge in [-0.1, -0.05) is 122 Å². The number of para-hydroxylation sites is 3. The minimum absolute atomic E-state index is 0.670. The second kappa shape index (κ2) is 11.5. The topological polar surface area (TPSA) is 48.3 Å². The number of fused-ring (bicyclic) bond motifs is 10. The lowest BCUT2D eigenvalue weighted by Gasteiger charge is -2.11. The highest BCUT2D eigenvalue weighted by atomic mass is 16.3. The summed E-state index contributed by atoms with van der Waals surface area (Å²) in [6.07, 6.45) is 2.03. The Morgan fingerprint density at radius 3 is 2.05 bits per heavy atom. The van der Waals surface area contributed by atoms with E-state index >= 15 is 0 Å². The number of rotatable bonds is 5. The van der Waals surface area contributed by atoms with Gasteiger partial charge in [0.1, 0.15) is 16.8 Å². The SMILES string of the molecule is C=Cc1c(-c2ccccc2C)c2cc3c(c4ccccc4n3-c3ccc(-c4nc(-c5ccccc5)nc5c4oc4ccccc45)cc3)c3c4ccccc4n1c23. The van der Waals surface area contributed by atoms with Crippen molar-refractivity contribution >= 4 is 77.1 Å². The van der Waals surface area contributed by atoms with Gasteiger partial charge in [0, 0.05) is 54.7 Å². The molecule has 12 rings (SSSR count). The number of nitrogens with zero attached hydrogens (tertiary/aromatic N) is 4. The Morgan fingerprint density at radius 1 is 0.589 bits per heavy atom. The van der Waals surface area contributed by atoms with Crippen molar-refractivity contribution in [3.63, 3.8) is 0 Å². The third-order valence-electron chi connectivity index (χ3n) is 11.6. The lowest BCUT2D eigenvalue weighted by atomic mass is 9.95. The summed E-state index contributed by atoms with van der Waals surface area (Å²) >= 11 is 0. The number of benzene rings is 7. The zero-order valence-electron chi connectivity index (χ0n) is 30.5. The molecule has 0 saturated carbocycles. The van der Waals surface area contributed by atoms with Crippen LogP contribution in [0, 0.1) is 6.92 Å². The molecule has 0 radical (unpaired) electrons. The van der Waals surface area contributed by atoms with Crippen LogP contribution >= 0.6 is 0 Å². The summed E-state index contributed by atoms with van der Waals surface area (Å²) in [5.41, 5.74) is 15.6. The van der Waals surface area contributed by atoms with Gasteiger partial charge in [-0.2, -0.15) is 0 Å². The zero-order chi connectivity index (χ0) is 37.1. The normalized spacial score (nSPS) is 12.1. The molecular weight excluding hydrogens is 685 g/mol. The molecule has 0 aliphatic rings.